The van der Waals surface area contributed by atoms with Gasteiger partial charge in [-0.1, -0.05) is 0 Å². The van der Waals surface area contributed by atoms with Crippen LogP contribution in [0.5, 0.6) is 5.88 Å². The van der Waals surface area contributed by atoms with E-state index in [1.54, 1.807) is 12.4 Å². The SMILES string of the molecule is NCC1(n2cc(-c3ncnc4[nH]ccc34)cn2)CC(N2CCC(Oc3cc(CN4CCOCC4)cc(C(F)(F)F)n3)CC2)C1. The molecule has 2 saturated heterocycles. The fourth-order valence-electron chi connectivity index (χ4n) is 6.73. The van der Waals surface area contributed by atoms with Crippen LogP contribution in [0.1, 0.15) is 36.9 Å². The Morgan fingerprint density at radius 1 is 1.09 bits per heavy atom. The molecule has 3 aliphatic rings. The molecule has 0 spiro atoms. The second kappa shape index (κ2) is 11.7. The third-order valence-electron chi connectivity index (χ3n) is 9.25. The predicted octanol–water partition coefficient (Wildman–Crippen LogP) is 3.43. The van der Waals surface area contributed by atoms with Crippen molar-refractivity contribution in [2.75, 3.05) is 45.9 Å². The summed E-state index contributed by atoms with van der Waals surface area (Å²) in [6, 6.07) is 5.09. The number of hydrogen-bond acceptors (Lipinski definition) is 9. The second-order valence-corrected chi connectivity index (χ2v) is 12.1. The number of aromatic nitrogens is 6. The van der Waals surface area contributed by atoms with Crippen molar-refractivity contribution < 1.29 is 22.6 Å². The second-order valence-electron chi connectivity index (χ2n) is 12.1. The monoisotopic (exact) mass is 611 g/mol. The third-order valence-corrected chi connectivity index (χ3v) is 9.25. The van der Waals surface area contributed by atoms with Crippen molar-refractivity contribution in [1.29, 1.82) is 0 Å². The van der Waals surface area contributed by atoms with Gasteiger partial charge in [0.15, 0.2) is 0 Å². The largest absolute Gasteiger partial charge is 0.474 e. The van der Waals surface area contributed by atoms with Crippen LogP contribution in [0.3, 0.4) is 0 Å². The first kappa shape index (κ1) is 29.1. The molecule has 0 bridgehead atoms. The van der Waals surface area contributed by atoms with Crippen molar-refractivity contribution in [3.63, 3.8) is 0 Å². The number of morpholine rings is 1. The van der Waals surface area contributed by atoms with Crippen LogP contribution in [-0.2, 0) is 23.0 Å². The summed E-state index contributed by atoms with van der Waals surface area (Å²) in [4.78, 5) is 20.2. The van der Waals surface area contributed by atoms with Crippen molar-refractivity contribution >= 4 is 11.0 Å². The van der Waals surface area contributed by atoms with Gasteiger partial charge >= 0.3 is 6.18 Å². The van der Waals surface area contributed by atoms with Crippen molar-refractivity contribution in [2.45, 2.75) is 56.1 Å². The molecule has 234 valence electrons. The fraction of sp³-hybridized carbons (Fsp3) is 0.533. The van der Waals surface area contributed by atoms with Crippen LogP contribution >= 0.6 is 0 Å². The number of ether oxygens (including phenoxy) is 2. The smallest absolute Gasteiger partial charge is 0.433 e. The van der Waals surface area contributed by atoms with Crippen molar-refractivity contribution in [3.8, 4) is 17.1 Å². The summed E-state index contributed by atoms with van der Waals surface area (Å²) < 4.78 is 54.4. The van der Waals surface area contributed by atoms with E-state index < -0.39 is 11.9 Å². The van der Waals surface area contributed by atoms with Crippen molar-refractivity contribution in [3.05, 3.63) is 54.4 Å². The maximum atomic E-state index is 13.7. The first-order valence-corrected chi connectivity index (χ1v) is 15.1. The molecule has 1 saturated carbocycles. The number of H-pyrrole nitrogens is 1. The number of nitrogens with zero attached hydrogens (tertiary/aromatic N) is 7. The van der Waals surface area contributed by atoms with E-state index in [2.05, 4.69) is 34.8 Å². The number of alkyl halides is 3. The molecule has 0 unspecified atom stereocenters. The average Bonchev–Trinajstić information content (AvgIpc) is 3.68. The molecule has 4 aromatic heterocycles. The van der Waals surface area contributed by atoms with Gasteiger partial charge in [-0.3, -0.25) is 14.5 Å². The minimum Gasteiger partial charge on any atom is -0.474 e. The van der Waals surface area contributed by atoms with Crippen LogP contribution < -0.4 is 10.5 Å². The quantitative estimate of drug-likeness (QED) is 0.309. The molecule has 3 fully saturated rings. The average molecular weight is 612 g/mol. The van der Waals surface area contributed by atoms with E-state index in [-0.39, 0.29) is 17.5 Å². The number of nitrogens with one attached hydrogen (secondary N) is 1. The molecule has 7 rings (SSSR count). The Morgan fingerprint density at radius 3 is 2.64 bits per heavy atom. The van der Waals surface area contributed by atoms with E-state index in [9.17, 15) is 13.2 Å². The molecule has 0 amide bonds. The van der Waals surface area contributed by atoms with Gasteiger partial charge in [-0.25, -0.2) is 15.0 Å². The minimum atomic E-state index is -4.54. The van der Waals surface area contributed by atoms with Gasteiger partial charge in [0.05, 0.1) is 30.6 Å². The van der Waals surface area contributed by atoms with E-state index in [4.69, 9.17) is 15.2 Å². The molecule has 3 N–H and O–H groups in total. The predicted molar refractivity (Wildman–Crippen MR) is 156 cm³/mol. The molecule has 11 nitrogen and oxygen atoms in total. The highest BCUT2D eigenvalue weighted by atomic mass is 19.4. The van der Waals surface area contributed by atoms with Gasteiger partial charge in [-0.2, -0.15) is 18.3 Å². The zero-order chi connectivity index (χ0) is 30.3. The Balaban J connectivity index is 0.967. The zero-order valence-electron chi connectivity index (χ0n) is 24.3. The molecule has 0 aromatic carbocycles. The summed E-state index contributed by atoms with van der Waals surface area (Å²) in [5, 5.41) is 5.63. The fourth-order valence-corrected chi connectivity index (χ4v) is 6.73. The van der Waals surface area contributed by atoms with Crippen molar-refractivity contribution in [1.82, 2.24) is 39.5 Å². The van der Waals surface area contributed by atoms with Crippen LogP contribution in [-0.4, -0.2) is 97.6 Å². The lowest BCUT2D eigenvalue weighted by Crippen LogP contribution is -2.61. The lowest BCUT2D eigenvalue weighted by Gasteiger charge is -2.52. The molecule has 1 aliphatic carbocycles. The first-order chi connectivity index (χ1) is 21.3. The van der Waals surface area contributed by atoms with Crippen LogP contribution in [0.2, 0.25) is 0 Å². The molecule has 14 heteroatoms. The normalized spacial score (nSPS) is 24.0. The topological polar surface area (TPSA) is 123 Å². The van der Waals surface area contributed by atoms with Crippen LogP contribution in [0.4, 0.5) is 13.2 Å². The van der Waals surface area contributed by atoms with E-state index in [0.717, 1.165) is 67.1 Å². The van der Waals surface area contributed by atoms with Crippen LogP contribution in [0, 0.1) is 0 Å². The molecular formula is C30H36F3N9O2. The standard InChI is InChI=1S/C30H36F3N9O2/c31-30(32,33)25-11-20(16-40-7-9-43-10-8-40)12-26(39-25)44-23-2-5-41(6-3-23)22-13-29(14-22,18-34)42-17-21(15-38-42)27-24-1-4-35-28(24)37-19-36-27/h1,4,11-12,15,17,19,22-23H,2-3,5-10,13-14,16,18,34H2,(H,35,36,37). The lowest BCUT2D eigenvalue weighted by atomic mass is 9.71. The Hall–Kier alpha value is -3.59. The molecule has 2 aliphatic heterocycles. The summed E-state index contributed by atoms with van der Waals surface area (Å²) in [6.07, 6.45) is 5.70. The number of pyridine rings is 1. The maximum absolute atomic E-state index is 13.7. The van der Waals surface area contributed by atoms with Crippen LogP contribution in [0.25, 0.3) is 22.3 Å². The number of hydrogen-bond donors (Lipinski definition) is 2. The summed E-state index contributed by atoms with van der Waals surface area (Å²) in [5.74, 6) is 0.0439. The van der Waals surface area contributed by atoms with Gasteiger partial charge in [-0.15, -0.1) is 0 Å². The maximum Gasteiger partial charge on any atom is 0.433 e. The van der Waals surface area contributed by atoms with Gasteiger partial charge in [0.25, 0.3) is 0 Å². The van der Waals surface area contributed by atoms with E-state index in [1.807, 2.05) is 29.3 Å². The molecule has 4 aromatic rings. The van der Waals surface area contributed by atoms with Gasteiger partial charge in [-0.05, 0) is 43.4 Å². The van der Waals surface area contributed by atoms with Crippen molar-refractivity contribution in [2.24, 2.45) is 5.73 Å². The van der Waals surface area contributed by atoms with Gasteiger partial charge in [0.2, 0.25) is 5.88 Å². The summed E-state index contributed by atoms with van der Waals surface area (Å²) >= 11 is 0. The number of aromatic amines is 1. The molecule has 44 heavy (non-hydrogen) atoms. The third kappa shape index (κ3) is 5.78. The number of halogens is 3. The first-order valence-electron chi connectivity index (χ1n) is 15.1. The highest BCUT2D eigenvalue weighted by molar-refractivity contribution is 5.90. The van der Waals surface area contributed by atoms with E-state index in [1.165, 1.54) is 0 Å². The Morgan fingerprint density at radius 2 is 1.89 bits per heavy atom. The van der Waals surface area contributed by atoms with E-state index in [0.29, 0.717) is 51.0 Å². The van der Waals surface area contributed by atoms with Gasteiger partial charge in [0, 0.05) is 74.7 Å². The highest BCUT2D eigenvalue weighted by Gasteiger charge is 2.48. The minimum absolute atomic E-state index is 0.0439. The summed E-state index contributed by atoms with van der Waals surface area (Å²) in [5.41, 5.74) is 8.21. The Labute approximate surface area is 252 Å². The summed E-state index contributed by atoms with van der Waals surface area (Å²) in [7, 11) is 0. The number of piperidine rings is 1. The Bertz CT molecular complexity index is 1590. The summed E-state index contributed by atoms with van der Waals surface area (Å²) in [6.45, 7) is 5.00. The lowest BCUT2D eigenvalue weighted by molar-refractivity contribution is -0.141. The molecular weight excluding hydrogens is 575 g/mol. The number of fused-ring (bicyclic) bond motifs is 1. The number of likely N-dealkylation sites (tertiary alicyclic amines) is 1. The van der Waals surface area contributed by atoms with E-state index >= 15 is 0 Å². The van der Waals surface area contributed by atoms with Crippen LogP contribution in [0.15, 0.2) is 43.1 Å². The Kier molecular flexibility index (Phi) is 7.77. The molecule has 0 radical (unpaired) electrons. The van der Waals surface area contributed by atoms with Gasteiger partial charge in [0.1, 0.15) is 23.8 Å². The van der Waals surface area contributed by atoms with Gasteiger partial charge < -0.3 is 20.2 Å². The molecule has 0 atom stereocenters. The highest BCUT2D eigenvalue weighted by Crippen LogP contribution is 2.43. The number of nitrogens with two attached hydrogens (primary N) is 1. The molecule has 6 heterocycles. The number of rotatable bonds is 8. The zero-order valence-corrected chi connectivity index (χ0v) is 24.3.